The maximum absolute atomic E-state index is 13.7. The molecule has 0 N–H and O–H groups in total. The van der Waals surface area contributed by atoms with Crippen molar-refractivity contribution in [3.63, 3.8) is 0 Å². The average molecular weight is 361 g/mol. The molecule has 2 saturated heterocycles. The smallest absolute Gasteiger partial charge is 0.254 e. The molecule has 142 valence electrons. The zero-order valence-electron chi connectivity index (χ0n) is 15.5. The molecular weight excluding hydrogens is 333 g/mol. The van der Waals surface area contributed by atoms with Gasteiger partial charge in [0, 0.05) is 44.8 Å². The van der Waals surface area contributed by atoms with Crippen LogP contribution in [0.25, 0.3) is 0 Å². The molecule has 0 radical (unpaired) electrons. The number of carbonyl (C=O) groups excluding carboxylic acids is 2. The second kappa shape index (κ2) is 8.62. The Labute approximate surface area is 154 Å². The van der Waals surface area contributed by atoms with Crippen molar-refractivity contribution in [1.82, 2.24) is 14.7 Å². The highest BCUT2D eigenvalue weighted by Crippen LogP contribution is 2.14. The van der Waals surface area contributed by atoms with Crippen LogP contribution in [0.4, 0.5) is 4.39 Å². The van der Waals surface area contributed by atoms with Crippen LogP contribution in [0.1, 0.15) is 41.6 Å². The molecule has 2 amide bonds. The summed E-state index contributed by atoms with van der Waals surface area (Å²) < 4.78 is 13.7. The molecule has 0 aliphatic carbocycles. The molecular formula is C20H28FN3O2. The fourth-order valence-electron chi connectivity index (χ4n) is 3.63. The number of likely N-dealkylation sites (tertiary alicyclic amines) is 1. The van der Waals surface area contributed by atoms with Crippen molar-refractivity contribution < 1.29 is 14.0 Å². The predicted octanol–water partition coefficient (Wildman–Crippen LogP) is 2.29. The minimum Gasteiger partial charge on any atom is -0.342 e. The van der Waals surface area contributed by atoms with Crippen LogP contribution < -0.4 is 0 Å². The first-order valence-corrected chi connectivity index (χ1v) is 9.60. The topological polar surface area (TPSA) is 43.9 Å². The average Bonchev–Trinajstić information content (AvgIpc) is 2.93. The van der Waals surface area contributed by atoms with E-state index in [1.54, 1.807) is 24.0 Å². The van der Waals surface area contributed by atoms with Crippen LogP contribution >= 0.6 is 0 Å². The molecule has 3 rings (SSSR count). The van der Waals surface area contributed by atoms with Gasteiger partial charge in [-0.2, -0.15) is 0 Å². The zero-order valence-corrected chi connectivity index (χ0v) is 15.5. The third kappa shape index (κ3) is 4.61. The van der Waals surface area contributed by atoms with Gasteiger partial charge < -0.3 is 9.80 Å². The van der Waals surface area contributed by atoms with Gasteiger partial charge in [0.25, 0.3) is 5.91 Å². The summed E-state index contributed by atoms with van der Waals surface area (Å²) in [5.41, 5.74) is 0.931. The molecule has 5 nitrogen and oxygen atoms in total. The first-order chi connectivity index (χ1) is 12.5. The Morgan fingerprint density at radius 2 is 1.58 bits per heavy atom. The number of piperazine rings is 1. The summed E-state index contributed by atoms with van der Waals surface area (Å²) in [7, 11) is 0. The van der Waals surface area contributed by atoms with Crippen LogP contribution in [0.2, 0.25) is 0 Å². The van der Waals surface area contributed by atoms with E-state index in [0.717, 1.165) is 25.9 Å². The van der Waals surface area contributed by atoms with E-state index < -0.39 is 0 Å². The Hall–Kier alpha value is -1.95. The summed E-state index contributed by atoms with van der Waals surface area (Å²) in [6.07, 6.45) is 4.62. The third-order valence-electron chi connectivity index (χ3n) is 5.40. The van der Waals surface area contributed by atoms with Crippen LogP contribution in [0, 0.1) is 12.7 Å². The maximum Gasteiger partial charge on any atom is 0.254 e. The lowest BCUT2D eigenvalue weighted by atomic mass is 10.1. The van der Waals surface area contributed by atoms with Crippen molar-refractivity contribution in [2.45, 2.75) is 32.6 Å². The molecule has 0 saturated carbocycles. The normalized spacial score (nSPS) is 19.3. The van der Waals surface area contributed by atoms with E-state index in [2.05, 4.69) is 4.90 Å². The lowest BCUT2D eigenvalue weighted by Crippen LogP contribution is -2.51. The highest BCUT2D eigenvalue weighted by molar-refractivity contribution is 5.94. The van der Waals surface area contributed by atoms with E-state index in [1.807, 2.05) is 4.90 Å². The largest absolute Gasteiger partial charge is 0.342 e. The molecule has 1 aromatic carbocycles. The standard InChI is InChI=1S/C20H28FN3O2/c1-16-6-7-17(14-18(16)21)20(26)24-12-10-22(11-13-24)15-19(25)23-8-4-2-3-5-9-23/h6-7,14H,2-5,8-13,15H2,1H3. The fraction of sp³-hybridized carbons (Fsp3) is 0.600. The van der Waals surface area contributed by atoms with E-state index in [4.69, 9.17) is 0 Å². The first kappa shape index (κ1) is 18.8. The van der Waals surface area contributed by atoms with E-state index >= 15 is 0 Å². The molecule has 6 heteroatoms. The molecule has 2 heterocycles. The van der Waals surface area contributed by atoms with Crippen molar-refractivity contribution in [3.8, 4) is 0 Å². The van der Waals surface area contributed by atoms with Crippen molar-refractivity contribution in [2.75, 3.05) is 45.8 Å². The Morgan fingerprint density at radius 3 is 2.19 bits per heavy atom. The molecule has 26 heavy (non-hydrogen) atoms. The Kier molecular flexibility index (Phi) is 6.25. The van der Waals surface area contributed by atoms with Gasteiger partial charge in [0.1, 0.15) is 5.82 Å². The number of rotatable bonds is 3. The number of nitrogens with zero attached hydrogens (tertiary/aromatic N) is 3. The lowest BCUT2D eigenvalue weighted by molar-refractivity contribution is -0.132. The second-order valence-corrected chi connectivity index (χ2v) is 7.33. The second-order valence-electron chi connectivity index (χ2n) is 7.33. The van der Waals surface area contributed by atoms with Gasteiger partial charge in [0.05, 0.1) is 6.54 Å². The van der Waals surface area contributed by atoms with Gasteiger partial charge in [-0.15, -0.1) is 0 Å². The lowest BCUT2D eigenvalue weighted by Gasteiger charge is -2.35. The minimum absolute atomic E-state index is 0.137. The van der Waals surface area contributed by atoms with Crippen molar-refractivity contribution in [3.05, 3.63) is 35.1 Å². The number of carbonyl (C=O) groups is 2. The Bertz CT molecular complexity index is 648. The van der Waals surface area contributed by atoms with Crippen LogP contribution in [0.15, 0.2) is 18.2 Å². The first-order valence-electron chi connectivity index (χ1n) is 9.60. The summed E-state index contributed by atoms with van der Waals surface area (Å²) in [6, 6.07) is 4.63. The number of halogens is 1. The monoisotopic (exact) mass is 361 g/mol. The van der Waals surface area contributed by atoms with Crippen LogP contribution in [-0.4, -0.2) is 72.3 Å². The van der Waals surface area contributed by atoms with Gasteiger partial charge in [-0.1, -0.05) is 18.9 Å². The summed E-state index contributed by atoms with van der Waals surface area (Å²) in [5, 5.41) is 0. The minimum atomic E-state index is -0.350. The van der Waals surface area contributed by atoms with Gasteiger partial charge in [-0.05, 0) is 37.5 Å². The highest BCUT2D eigenvalue weighted by atomic mass is 19.1. The molecule has 2 aliphatic rings. The predicted molar refractivity (Wildman–Crippen MR) is 98.5 cm³/mol. The fourth-order valence-corrected chi connectivity index (χ4v) is 3.63. The van der Waals surface area contributed by atoms with E-state index in [9.17, 15) is 14.0 Å². The Morgan fingerprint density at radius 1 is 0.923 bits per heavy atom. The third-order valence-corrected chi connectivity index (χ3v) is 5.40. The number of hydrogen-bond donors (Lipinski definition) is 0. The molecule has 1 aromatic rings. The van der Waals surface area contributed by atoms with Crippen LogP contribution in [-0.2, 0) is 4.79 Å². The van der Waals surface area contributed by atoms with Gasteiger partial charge in [-0.3, -0.25) is 14.5 Å². The molecule has 0 unspecified atom stereocenters. The quantitative estimate of drug-likeness (QED) is 0.830. The van der Waals surface area contributed by atoms with Crippen LogP contribution in [0.5, 0.6) is 0 Å². The number of aryl methyl sites for hydroxylation is 1. The van der Waals surface area contributed by atoms with Crippen LogP contribution in [0.3, 0.4) is 0 Å². The molecule has 0 spiro atoms. The molecule has 2 fully saturated rings. The van der Waals surface area contributed by atoms with Crippen molar-refractivity contribution in [2.24, 2.45) is 0 Å². The van der Waals surface area contributed by atoms with Gasteiger partial charge in [0.15, 0.2) is 0 Å². The SMILES string of the molecule is Cc1ccc(C(=O)N2CCN(CC(=O)N3CCCCCC3)CC2)cc1F. The van der Waals surface area contributed by atoms with Gasteiger partial charge in [0.2, 0.25) is 5.91 Å². The maximum atomic E-state index is 13.7. The summed E-state index contributed by atoms with van der Waals surface area (Å²) in [5.74, 6) is -0.285. The zero-order chi connectivity index (χ0) is 18.5. The summed E-state index contributed by atoms with van der Waals surface area (Å²) in [6.45, 7) is 6.36. The molecule has 0 aromatic heterocycles. The number of hydrogen-bond acceptors (Lipinski definition) is 3. The highest BCUT2D eigenvalue weighted by Gasteiger charge is 2.25. The van der Waals surface area contributed by atoms with Gasteiger partial charge in [-0.25, -0.2) is 4.39 Å². The Balaban J connectivity index is 1.49. The number of amides is 2. The summed E-state index contributed by atoms with van der Waals surface area (Å²) >= 11 is 0. The van der Waals surface area contributed by atoms with Gasteiger partial charge >= 0.3 is 0 Å². The van der Waals surface area contributed by atoms with Crippen molar-refractivity contribution in [1.29, 1.82) is 0 Å². The van der Waals surface area contributed by atoms with Crippen molar-refractivity contribution >= 4 is 11.8 Å². The van der Waals surface area contributed by atoms with E-state index in [0.29, 0.717) is 43.9 Å². The van der Waals surface area contributed by atoms with E-state index in [-0.39, 0.29) is 17.6 Å². The number of benzene rings is 1. The van der Waals surface area contributed by atoms with E-state index in [1.165, 1.54) is 18.9 Å². The molecule has 0 bridgehead atoms. The molecule has 0 atom stereocenters. The summed E-state index contributed by atoms with van der Waals surface area (Å²) in [4.78, 5) is 30.9. The molecule has 2 aliphatic heterocycles.